The summed E-state index contributed by atoms with van der Waals surface area (Å²) in [6.07, 6.45) is 0.508. The third kappa shape index (κ3) is 6.83. The first-order chi connectivity index (χ1) is 13.3. The molecule has 0 saturated carbocycles. The third-order valence-corrected chi connectivity index (χ3v) is 3.52. The molecule has 0 amide bonds. The number of nitrogens with two attached hydrogens (primary N) is 1. The Morgan fingerprint density at radius 2 is 1.93 bits per heavy atom. The zero-order valence-electron chi connectivity index (χ0n) is 14.6. The van der Waals surface area contributed by atoms with Gasteiger partial charge >= 0.3 is 12.1 Å². The number of aromatic amines is 1. The van der Waals surface area contributed by atoms with Crippen LogP contribution in [0.5, 0.6) is 0 Å². The number of aliphatic carboxylic acids is 1. The Labute approximate surface area is 157 Å². The number of hydrogen-bond acceptors (Lipinski definition) is 6. The van der Waals surface area contributed by atoms with Crippen LogP contribution in [0.1, 0.15) is 29.0 Å². The second-order valence-corrected chi connectivity index (χ2v) is 5.72. The summed E-state index contributed by atoms with van der Waals surface area (Å²) in [5.74, 6) is -1.60. The summed E-state index contributed by atoms with van der Waals surface area (Å²) in [4.78, 5) is 20.2. The molecule has 0 aliphatic rings. The number of hydrogen-bond donors (Lipinski definition) is 3. The zero-order valence-corrected chi connectivity index (χ0v) is 14.6. The molecule has 0 radical (unpaired) electrons. The number of carbonyl (C=O) groups is 1. The first-order valence-electron chi connectivity index (χ1n) is 8.15. The van der Waals surface area contributed by atoms with Crippen LogP contribution in [-0.4, -0.2) is 37.4 Å². The van der Waals surface area contributed by atoms with E-state index < -0.39 is 12.1 Å². The van der Waals surface area contributed by atoms with Gasteiger partial charge in [0.1, 0.15) is 0 Å². The van der Waals surface area contributed by atoms with E-state index in [4.69, 9.17) is 20.2 Å². The van der Waals surface area contributed by atoms with Gasteiger partial charge in [-0.05, 0) is 12.0 Å². The van der Waals surface area contributed by atoms with E-state index in [0.29, 0.717) is 18.1 Å². The van der Waals surface area contributed by atoms with Crippen LogP contribution in [0.3, 0.4) is 0 Å². The van der Waals surface area contributed by atoms with E-state index in [9.17, 15) is 13.2 Å². The minimum absolute atomic E-state index is 0.316. The molecule has 0 bridgehead atoms. The van der Waals surface area contributed by atoms with E-state index in [0.717, 1.165) is 18.5 Å². The summed E-state index contributed by atoms with van der Waals surface area (Å²) >= 11 is 0. The second-order valence-electron chi connectivity index (χ2n) is 5.72. The van der Waals surface area contributed by atoms with Crippen LogP contribution in [0.15, 0.2) is 47.4 Å². The van der Waals surface area contributed by atoms with Crippen molar-refractivity contribution in [3.05, 3.63) is 65.8 Å². The predicted molar refractivity (Wildman–Crippen MR) is 91.1 cm³/mol. The van der Waals surface area contributed by atoms with Gasteiger partial charge in [-0.25, -0.2) is 9.78 Å². The molecular weight excluding hydrogens is 379 g/mol. The average molecular weight is 397 g/mol. The second kappa shape index (κ2) is 9.65. The molecule has 0 saturated heterocycles. The topological polar surface area (TPSA) is 131 Å². The Balaban J connectivity index is 0.000000345. The number of aryl methyl sites for hydroxylation is 2. The molecule has 1 unspecified atom stereocenters. The van der Waals surface area contributed by atoms with E-state index in [1.165, 1.54) is 5.56 Å². The van der Waals surface area contributed by atoms with Crippen LogP contribution in [0.2, 0.25) is 0 Å². The van der Waals surface area contributed by atoms with Gasteiger partial charge in [0.25, 0.3) is 0 Å². The van der Waals surface area contributed by atoms with Crippen molar-refractivity contribution in [2.45, 2.75) is 31.5 Å². The first kappa shape index (κ1) is 21.1. The van der Waals surface area contributed by atoms with E-state index in [-0.39, 0.29) is 6.04 Å². The van der Waals surface area contributed by atoms with E-state index in [2.05, 4.69) is 32.2 Å². The van der Waals surface area contributed by atoms with Gasteiger partial charge < -0.3 is 20.3 Å². The molecule has 0 aliphatic carbocycles. The normalized spacial score (nSPS) is 12.1. The predicted octanol–water partition coefficient (Wildman–Crippen LogP) is 2.45. The van der Waals surface area contributed by atoms with Gasteiger partial charge in [-0.2, -0.15) is 18.2 Å². The van der Waals surface area contributed by atoms with Crippen LogP contribution < -0.4 is 5.73 Å². The lowest BCUT2D eigenvalue weighted by atomic mass is 10.1. The number of aromatic nitrogens is 4. The Morgan fingerprint density at radius 3 is 2.50 bits per heavy atom. The summed E-state index contributed by atoms with van der Waals surface area (Å²) < 4.78 is 37.0. The molecule has 1 aromatic carbocycles. The molecule has 3 aromatic rings. The molecule has 11 heteroatoms. The number of carboxylic acid groups (broad SMARTS) is 1. The lowest BCUT2D eigenvalue weighted by Gasteiger charge is -2.03. The molecule has 4 N–H and O–H groups in total. The van der Waals surface area contributed by atoms with Gasteiger partial charge in [0.15, 0.2) is 5.82 Å². The molecule has 0 aliphatic heterocycles. The van der Waals surface area contributed by atoms with Gasteiger partial charge in [0.05, 0.1) is 12.4 Å². The van der Waals surface area contributed by atoms with Crippen LogP contribution in [0, 0.1) is 0 Å². The van der Waals surface area contributed by atoms with E-state index in [1.54, 1.807) is 12.5 Å². The molecule has 3 rings (SSSR count). The van der Waals surface area contributed by atoms with Crippen molar-refractivity contribution in [3.8, 4) is 0 Å². The summed E-state index contributed by atoms with van der Waals surface area (Å²) in [6, 6.07) is 9.91. The molecule has 2 heterocycles. The number of alkyl halides is 3. The number of halogens is 3. The number of nitrogens with zero attached hydrogens (tertiary/aromatic N) is 3. The van der Waals surface area contributed by atoms with Crippen LogP contribution in [-0.2, 0) is 24.1 Å². The van der Waals surface area contributed by atoms with Crippen LogP contribution in [0.4, 0.5) is 13.2 Å². The van der Waals surface area contributed by atoms with Crippen molar-refractivity contribution in [1.82, 2.24) is 20.1 Å². The maximum absolute atomic E-state index is 10.6. The Bertz CT molecular complexity index is 851. The number of carboxylic acids is 1. The van der Waals surface area contributed by atoms with Crippen molar-refractivity contribution in [1.29, 1.82) is 0 Å². The van der Waals surface area contributed by atoms with Crippen molar-refractivity contribution < 1.29 is 27.6 Å². The molecule has 8 nitrogen and oxygen atoms in total. The smallest absolute Gasteiger partial charge is 0.475 e. The largest absolute Gasteiger partial charge is 0.490 e. The molecule has 0 fully saturated rings. The Kier molecular flexibility index (Phi) is 7.27. The van der Waals surface area contributed by atoms with Gasteiger partial charge in [0.2, 0.25) is 5.89 Å². The van der Waals surface area contributed by atoms with E-state index in [1.807, 2.05) is 18.2 Å². The molecule has 0 spiro atoms. The number of H-pyrrole nitrogens is 1. The molecule has 28 heavy (non-hydrogen) atoms. The molecule has 2 aromatic heterocycles. The molecule has 150 valence electrons. The highest BCUT2D eigenvalue weighted by Crippen LogP contribution is 2.14. The maximum atomic E-state index is 10.6. The van der Waals surface area contributed by atoms with Crippen molar-refractivity contribution in [2.75, 3.05) is 0 Å². The monoisotopic (exact) mass is 397 g/mol. The quantitative estimate of drug-likeness (QED) is 0.582. The number of benzene rings is 1. The highest BCUT2D eigenvalue weighted by atomic mass is 19.4. The van der Waals surface area contributed by atoms with Crippen LogP contribution in [0.25, 0.3) is 0 Å². The fraction of sp³-hybridized carbons (Fsp3) is 0.294. The molecule has 1 atom stereocenters. The Hall–Kier alpha value is -3.21. The minimum atomic E-state index is -5.08. The number of rotatable bonds is 6. The van der Waals surface area contributed by atoms with Gasteiger partial charge in [-0.15, -0.1) is 0 Å². The number of nitrogens with one attached hydrogen (secondary N) is 1. The summed E-state index contributed by atoms with van der Waals surface area (Å²) in [7, 11) is 0. The van der Waals surface area contributed by atoms with Crippen molar-refractivity contribution in [3.63, 3.8) is 0 Å². The zero-order chi connectivity index (χ0) is 20.6. The lowest BCUT2D eigenvalue weighted by molar-refractivity contribution is -0.192. The molecular formula is C17H18F3N5O3. The summed E-state index contributed by atoms with van der Waals surface area (Å²) in [6.45, 7) is 0. The Morgan fingerprint density at radius 1 is 1.25 bits per heavy atom. The lowest BCUT2D eigenvalue weighted by Crippen LogP contribution is -2.21. The van der Waals surface area contributed by atoms with Gasteiger partial charge in [-0.1, -0.05) is 35.5 Å². The number of imidazole rings is 1. The standard InChI is InChI=1S/C15H17N5O.C2HF3O2/c16-13(8-12-9-17-10-18-12)15-19-14(20-21-15)7-6-11-4-2-1-3-5-11;3-2(4,5)1(6)7/h1-5,9-10,13H,6-8,16H2,(H,17,18);(H,6,7). The highest BCUT2D eigenvalue weighted by Gasteiger charge is 2.38. The average Bonchev–Trinajstić information content (AvgIpc) is 3.32. The fourth-order valence-corrected chi connectivity index (χ4v) is 2.14. The SMILES string of the molecule is NC(Cc1cnc[nH]1)c1nc(CCc2ccccc2)no1.O=C(O)C(F)(F)F. The van der Waals surface area contributed by atoms with Gasteiger partial charge in [0, 0.05) is 24.7 Å². The minimum Gasteiger partial charge on any atom is -0.475 e. The first-order valence-corrected chi connectivity index (χ1v) is 8.15. The fourth-order valence-electron chi connectivity index (χ4n) is 2.14. The third-order valence-electron chi connectivity index (χ3n) is 3.52. The van der Waals surface area contributed by atoms with Crippen molar-refractivity contribution in [2.24, 2.45) is 5.73 Å². The highest BCUT2D eigenvalue weighted by molar-refractivity contribution is 5.73. The van der Waals surface area contributed by atoms with E-state index >= 15 is 0 Å². The van der Waals surface area contributed by atoms with Crippen LogP contribution >= 0.6 is 0 Å². The summed E-state index contributed by atoms with van der Waals surface area (Å²) in [5.41, 5.74) is 8.27. The summed E-state index contributed by atoms with van der Waals surface area (Å²) in [5, 5.41) is 11.1. The van der Waals surface area contributed by atoms with Gasteiger partial charge in [-0.3, -0.25) is 0 Å². The van der Waals surface area contributed by atoms with Crippen molar-refractivity contribution >= 4 is 5.97 Å². The maximum Gasteiger partial charge on any atom is 0.490 e.